The van der Waals surface area contributed by atoms with Gasteiger partial charge in [-0.3, -0.25) is 9.59 Å². The molecule has 0 spiro atoms. The number of carbonyl (C=O) groups is 3. The van der Waals surface area contributed by atoms with Gasteiger partial charge in [0.05, 0.1) is 16.8 Å². The molecule has 0 unspecified atom stereocenters. The number of urea groups is 1. The van der Waals surface area contributed by atoms with Crippen molar-refractivity contribution in [2.75, 3.05) is 19.8 Å². The molecular formula is C16H17IN2O6. The number of aliphatic carboxylic acids is 1. The van der Waals surface area contributed by atoms with E-state index in [4.69, 9.17) is 14.6 Å². The molecule has 1 aliphatic rings. The van der Waals surface area contributed by atoms with Gasteiger partial charge in [0.1, 0.15) is 12.2 Å². The maximum absolute atomic E-state index is 12.2. The predicted molar refractivity (Wildman–Crippen MR) is 97.4 cm³/mol. The Morgan fingerprint density at radius 1 is 1.28 bits per heavy atom. The van der Waals surface area contributed by atoms with Gasteiger partial charge in [-0.25, -0.2) is 9.69 Å². The molecule has 134 valence electrons. The summed E-state index contributed by atoms with van der Waals surface area (Å²) in [6.45, 7) is 3.95. The third-order valence-corrected chi connectivity index (χ3v) is 3.99. The molecule has 0 aromatic heterocycles. The molecule has 0 aliphatic carbocycles. The minimum absolute atomic E-state index is 0.00802. The monoisotopic (exact) mass is 460 g/mol. The Morgan fingerprint density at radius 2 is 1.96 bits per heavy atom. The van der Waals surface area contributed by atoms with Crippen LogP contribution >= 0.6 is 22.6 Å². The standard InChI is InChI=1S/C16H17IN2O6/c1-3-24-12-7-9(5-10(17)14(12)25-4-2)6-11-15(22)19(8-13(20)21)16(23)18-11/h5-7H,3-4,8H2,1-2H3,(H,18,23)(H,20,21)/b11-6+. The van der Waals surface area contributed by atoms with E-state index in [0.717, 1.165) is 3.57 Å². The quantitative estimate of drug-likeness (QED) is 0.367. The molecular weight excluding hydrogens is 443 g/mol. The number of carboxylic acids is 1. The van der Waals surface area contributed by atoms with E-state index < -0.39 is 24.5 Å². The number of rotatable bonds is 7. The molecule has 1 aromatic carbocycles. The smallest absolute Gasteiger partial charge is 0.329 e. The lowest BCUT2D eigenvalue weighted by atomic mass is 10.1. The van der Waals surface area contributed by atoms with E-state index in [9.17, 15) is 14.4 Å². The summed E-state index contributed by atoms with van der Waals surface area (Å²) in [5.74, 6) is -0.808. The Kier molecular flexibility index (Phi) is 6.23. The SMILES string of the molecule is CCOc1cc(/C=C2/NC(=O)N(CC(=O)O)C2=O)cc(I)c1OCC. The van der Waals surface area contributed by atoms with E-state index in [1.807, 2.05) is 13.8 Å². The lowest BCUT2D eigenvalue weighted by Crippen LogP contribution is -2.35. The Balaban J connectivity index is 2.36. The molecule has 25 heavy (non-hydrogen) atoms. The molecule has 2 rings (SSSR count). The average molecular weight is 460 g/mol. The molecule has 1 saturated heterocycles. The van der Waals surface area contributed by atoms with Crippen LogP contribution < -0.4 is 14.8 Å². The third-order valence-electron chi connectivity index (χ3n) is 3.19. The van der Waals surface area contributed by atoms with Crippen molar-refractivity contribution in [1.29, 1.82) is 0 Å². The Labute approximate surface area is 157 Å². The van der Waals surface area contributed by atoms with Gasteiger partial charge in [-0.1, -0.05) is 0 Å². The summed E-state index contributed by atoms with van der Waals surface area (Å²) in [5.41, 5.74) is 0.630. The number of hydrogen-bond acceptors (Lipinski definition) is 5. The zero-order valence-electron chi connectivity index (χ0n) is 13.7. The van der Waals surface area contributed by atoms with Gasteiger partial charge in [0, 0.05) is 0 Å². The van der Waals surface area contributed by atoms with Crippen LogP contribution in [0.4, 0.5) is 4.79 Å². The number of hydrogen-bond donors (Lipinski definition) is 2. The molecule has 8 nitrogen and oxygen atoms in total. The fraction of sp³-hybridized carbons (Fsp3) is 0.312. The summed E-state index contributed by atoms with van der Waals surface area (Å²) in [5, 5.41) is 11.2. The van der Waals surface area contributed by atoms with Crippen molar-refractivity contribution in [3.05, 3.63) is 27.0 Å². The number of ether oxygens (including phenoxy) is 2. The van der Waals surface area contributed by atoms with Gasteiger partial charge < -0.3 is 19.9 Å². The summed E-state index contributed by atoms with van der Waals surface area (Å²) < 4.78 is 11.9. The number of benzene rings is 1. The van der Waals surface area contributed by atoms with E-state index in [1.54, 1.807) is 12.1 Å². The fourth-order valence-electron chi connectivity index (χ4n) is 2.24. The second-order valence-corrected chi connectivity index (χ2v) is 6.13. The van der Waals surface area contributed by atoms with E-state index >= 15 is 0 Å². The number of nitrogens with one attached hydrogen (secondary N) is 1. The van der Waals surface area contributed by atoms with Crippen molar-refractivity contribution < 1.29 is 29.0 Å². The second-order valence-electron chi connectivity index (χ2n) is 4.97. The van der Waals surface area contributed by atoms with Gasteiger partial charge in [0.15, 0.2) is 11.5 Å². The highest BCUT2D eigenvalue weighted by Gasteiger charge is 2.34. The highest BCUT2D eigenvalue weighted by molar-refractivity contribution is 14.1. The average Bonchev–Trinajstić information content (AvgIpc) is 2.78. The first kappa shape index (κ1) is 19.0. The first-order chi connectivity index (χ1) is 11.9. The van der Waals surface area contributed by atoms with Gasteiger partial charge in [0.2, 0.25) is 0 Å². The summed E-state index contributed by atoms with van der Waals surface area (Å²) >= 11 is 2.10. The first-order valence-electron chi connectivity index (χ1n) is 7.52. The lowest BCUT2D eigenvalue weighted by molar-refractivity contribution is -0.140. The molecule has 0 bridgehead atoms. The summed E-state index contributed by atoms with van der Waals surface area (Å²) in [6, 6.07) is 2.72. The maximum Gasteiger partial charge on any atom is 0.329 e. The Hall–Kier alpha value is -2.30. The zero-order chi connectivity index (χ0) is 18.6. The molecule has 1 fully saturated rings. The van der Waals surface area contributed by atoms with Crippen LogP contribution in [0.2, 0.25) is 0 Å². The normalized spacial score (nSPS) is 15.5. The van der Waals surface area contributed by atoms with Crippen molar-refractivity contribution in [3.8, 4) is 11.5 Å². The van der Waals surface area contributed by atoms with E-state index in [1.165, 1.54) is 6.08 Å². The lowest BCUT2D eigenvalue weighted by Gasteiger charge is -2.13. The van der Waals surface area contributed by atoms with E-state index in [-0.39, 0.29) is 5.70 Å². The number of imide groups is 1. The molecule has 3 amide bonds. The molecule has 0 saturated carbocycles. The molecule has 1 aromatic rings. The highest BCUT2D eigenvalue weighted by atomic mass is 127. The van der Waals surface area contributed by atoms with Crippen LogP contribution in [0.3, 0.4) is 0 Å². The molecule has 1 aliphatic heterocycles. The van der Waals surface area contributed by atoms with Gasteiger partial charge in [-0.2, -0.15) is 0 Å². The number of halogens is 1. The van der Waals surface area contributed by atoms with Crippen molar-refractivity contribution in [2.24, 2.45) is 0 Å². The van der Waals surface area contributed by atoms with Gasteiger partial charge in [-0.05, 0) is 60.2 Å². The number of carbonyl (C=O) groups excluding carboxylic acids is 2. The summed E-state index contributed by atoms with van der Waals surface area (Å²) in [6.07, 6.45) is 1.47. The van der Waals surface area contributed by atoms with Crippen LogP contribution in [0.1, 0.15) is 19.4 Å². The first-order valence-corrected chi connectivity index (χ1v) is 8.60. The number of carboxylic acid groups (broad SMARTS) is 1. The molecule has 9 heteroatoms. The summed E-state index contributed by atoms with van der Waals surface area (Å²) in [7, 11) is 0. The molecule has 0 radical (unpaired) electrons. The van der Waals surface area contributed by atoms with E-state index in [0.29, 0.717) is 35.2 Å². The van der Waals surface area contributed by atoms with Crippen molar-refractivity contribution in [3.63, 3.8) is 0 Å². The topological polar surface area (TPSA) is 105 Å². The number of nitrogens with zero attached hydrogens (tertiary/aromatic N) is 1. The molecule has 1 heterocycles. The third kappa shape index (κ3) is 4.41. The van der Waals surface area contributed by atoms with Gasteiger partial charge in [0.25, 0.3) is 5.91 Å². The van der Waals surface area contributed by atoms with Crippen LogP contribution in [-0.4, -0.2) is 47.7 Å². The molecule has 0 atom stereocenters. The van der Waals surface area contributed by atoms with Crippen molar-refractivity contribution in [2.45, 2.75) is 13.8 Å². The van der Waals surface area contributed by atoms with Crippen LogP contribution in [0.5, 0.6) is 11.5 Å². The van der Waals surface area contributed by atoms with Crippen molar-refractivity contribution >= 4 is 46.6 Å². The van der Waals surface area contributed by atoms with Crippen LogP contribution in [0.25, 0.3) is 6.08 Å². The highest BCUT2D eigenvalue weighted by Crippen LogP contribution is 2.35. The Morgan fingerprint density at radius 3 is 2.56 bits per heavy atom. The second kappa shape index (κ2) is 8.19. The van der Waals surface area contributed by atoms with Crippen LogP contribution in [0, 0.1) is 3.57 Å². The van der Waals surface area contributed by atoms with Crippen LogP contribution in [0.15, 0.2) is 17.8 Å². The predicted octanol–water partition coefficient (Wildman–Crippen LogP) is 2.07. The van der Waals surface area contributed by atoms with Crippen molar-refractivity contribution in [1.82, 2.24) is 10.2 Å². The Bertz CT molecular complexity index is 746. The minimum Gasteiger partial charge on any atom is -0.490 e. The van der Waals surface area contributed by atoms with Crippen LogP contribution in [-0.2, 0) is 9.59 Å². The summed E-state index contributed by atoms with van der Waals surface area (Å²) in [4.78, 5) is 35.3. The van der Waals surface area contributed by atoms with Gasteiger partial charge in [-0.15, -0.1) is 0 Å². The fourth-order valence-corrected chi connectivity index (χ4v) is 3.02. The maximum atomic E-state index is 12.2. The zero-order valence-corrected chi connectivity index (χ0v) is 15.8. The molecule has 2 N–H and O–H groups in total. The minimum atomic E-state index is -1.26. The van der Waals surface area contributed by atoms with Gasteiger partial charge >= 0.3 is 12.0 Å². The largest absolute Gasteiger partial charge is 0.490 e. The van der Waals surface area contributed by atoms with E-state index in [2.05, 4.69) is 27.9 Å². The number of amides is 3.